The van der Waals surface area contributed by atoms with Gasteiger partial charge in [-0.3, -0.25) is 9.20 Å². The van der Waals surface area contributed by atoms with Crippen molar-refractivity contribution in [3.63, 3.8) is 0 Å². The second kappa shape index (κ2) is 6.15. The van der Waals surface area contributed by atoms with E-state index in [1.54, 1.807) is 11.3 Å². The van der Waals surface area contributed by atoms with Crippen LogP contribution in [0.4, 0.5) is 0 Å². The number of carbonyl (C=O) groups excluding carboxylic acids is 1. The number of rotatable bonds is 7. The maximum Gasteiger partial charge on any atom is 0.220 e. The summed E-state index contributed by atoms with van der Waals surface area (Å²) in [5, 5.41) is 8.57. The highest BCUT2D eigenvalue weighted by atomic mass is 32.1. The van der Waals surface area contributed by atoms with E-state index in [-0.39, 0.29) is 5.91 Å². The molecule has 5 nitrogen and oxygen atoms in total. The molecule has 0 radical (unpaired) electrons. The summed E-state index contributed by atoms with van der Waals surface area (Å²) >= 11 is 1.68. The summed E-state index contributed by atoms with van der Waals surface area (Å²) in [5.74, 6) is 0.191. The van der Waals surface area contributed by atoms with Crippen LogP contribution in [0.1, 0.15) is 42.8 Å². The van der Waals surface area contributed by atoms with Gasteiger partial charge in [-0.2, -0.15) is 0 Å². The molecule has 0 aliphatic heterocycles. The van der Waals surface area contributed by atoms with Gasteiger partial charge >= 0.3 is 0 Å². The van der Waals surface area contributed by atoms with Gasteiger partial charge in [-0.15, -0.1) is 11.3 Å². The van der Waals surface area contributed by atoms with Crippen LogP contribution in [-0.2, 0) is 11.3 Å². The molecule has 1 aliphatic rings. The second-order valence-electron chi connectivity index (χ2n) is 5.76. The predicted molar refractivity (Wildman–Crippen MR) is 84.6 cm³/mol. The Kier molecular flexibility index (Phi) is 4.26. The Morgan fingerprint density at radius 3 is 3.05 bits per heavy atom. The van der Waals surface area contributed by atoms with Gasteiger partial charge in [0.05, 0.1) is 11.4 Å². The highest BCUT2D eigenvalue weighted by Gasteiger charge is 2.22. The van der Waals surface area contributed by atoms with Gasteiger partial charge in [0.25, 0.3) is 0 Å². The number of hydrogen-bond acceptors (Lipinski definition) is 4. The molecule has 0 atom stereocenters. The summed E-state index contributed by atoms with van der Waals surface area (Å²) in [6, 6.07) is 0.467. The zero-order chi connectivity index (χ0) is 14.8. The van der Waals surface area contributed by atoms with Crippen LogP contribution in [0.25, 0.3) is 4.96 Å². The Balaban J connectivity index is 1.44. The first-order chi connectivity index (χ1) is 10.1. The molecule has 6 heteroatoms. The van der Waals surface area contributed by atoms with E-state index in [1.807, 2.05) is 0 Å². The molecular weight excluding hydrogens is 284 g/mol. The van der Waals surface area contributed by atoms with E-state index in [2.05, 4.69) is 39.2 Å². The average molecular weight is 306 g/mol. The summed E-state index contributed by atoms with van der Waals surface area (Å²) in [4.78, 5) is 17.2. The van der Waals surface area contributed by atoms with Crippen molar-refractivity contribution < 1.29 is 4.79 Å². The molecule has 1 saturated carbocycles. The van der Waals surface area contributed by atoms with Crippen LogP contribution in [0.2, 0.25) is 0 Å². The quantitative estimate of drug-likeness (QED) is 0.771. The predicted octanol–water partition coefficient (Wildman–Crippen LogP) is 2.16. The molecule has 1 amide bonds. The van der Waals surface area contributed by atoms with E-state index >= 15 is 0 Å². The molecule has 3 rings (SSSR count). The first-order valence-electron chi connectivity index (χ1n) is 7.57. The van der Waals surface area contributed by atoms with Crippen LogP contribution in [-0.4, -0.2) is 27.9 Å². The van der Waals surface area contributed by atoms with Crippen molar-refractivity contribution in [1.82, 2.24) is 20.0 Å². The largest absolute Gasteiger partial charge is 0.353 e. The van der Waals surface area contributed by atoms with E-state index in [1.165, 1.54) is 11.4 Å². The highest BCUT2D eigenvalue weighted by Crippen LogP contribution is 2.20. The number of imidazole rings is 1. The number of hydrogen-bond donors (Lipinski definition) is 2. The Bertz CT molecular complexity index is 641. The van der Waals surface area contributed by atoms with Crippen LogP contribution in [0.3, 0.4) is 0 Å². The summed E-state index contributed by atoms with van der Waals surface area (Å²) in [7, 11) is 0. The maximum absolute atomic E-state index is 11.6. The van der Waals surface area contributed by atoms with E-state index in [0.29, 0.717) is 12.5 Å². The van der Waals surface area contributed by atoms with Gasteiger partial charge in [-0.25, -0.2) is 4.98 Å². The van der Waals surface area contributed by atoms with Crippen molar-refractivity contribution in [2.75, 3.05) is 6.54 Å². The van der Waals surface area contributed by atoms with Crippen molar-refractivity contribution in [3.05, 3.63) is 22.5 Å². The van der Waals surface area contributed by atoms with E-state index < -0.39 is 0 Å². The van der Waals surface area contributed by atoms with Gasteiger partial charge in [0.2, 0.25) is 5.91 Å². The minimum Gasteiger partial charge on any atom is -0.353 e. The zero-order valence-corrected chi connectivity index (χ0v) is 13.4. The number of fused-ring (bicyclic) bond motifs is 1. The number of amides is 1. The van der Waals surface area contributed by atoms with Crippen LogP contribution < -0.4 is 10.6 Å². The number of nitrogens with one attached hydrogen (secondary N) is 2. The zero-order valence-electron chi connectivity index (χ0n) is 12.6. The minimum atomic E-state index is 0.191. The first-order valence-corrected chi connectivity index (χ1v) is 8.45. The number of aromatic nitrogens is 2. The van der Waals surface area contributed by atoms with Crippen LogP contribution in [0, 0.1) is 13.8 Å². The van der Waals surface area contributed by atoms with Crippen molar-refractivity contribution >= 4 is 22.2 Å². The van der Waals surface area contributed by atoms with Crippen LogP contribution in [0.15, 0.2) is 5.38 Å². The number of aryl methyl sites for hydroxylation is 2. The summed E-state index contributed by atoms with van der Waals surface area (Å²) in [6.07, 6.45) is 3.80. The SMILES string of the molecule is Cc1nc2scc(C)n2c1CNCCCC(=O)NC1CC1. The first kappa shape index (κ1) is 14.5. The van der Waals surface area contributed by atoms with Gasteiger partial charge in [-0.1, -0.05) is 0 Å². The highest BCUT2D eigenvalue weighted by molar-refractivity contribution is 7.15. The Morgan fingerprint density at radius 2 is 2.29 bits per heavy atom. The van der Waals surface area contributed by atoms with Crippen molar-refractivity contribution in [1.29, 1.82) is 0 Å². The maximum atomic E-state index is 11.6. The lowest BCUT2D eigenvalue weighted by molar-refractivity contribution is -0.121. The fourth-order valence-corrected chi connectivity index (χ4v) is 3.41. The minimum absolute atomic E-state index is 0.191. The monoisotopic (exact) mass is 306 g/mol. The van der Waals surface area contributed by atoms with Gasteiger partial charge in [0.1, 0.15) is 0 Å². The lowest BCUT2D eigenvalue weighted by Gasteiger charge is -2.06. The number of thiazole rings is 1. The molecule has 0 spiro atoms. The summed E-state index contributed by atoms with van der Waals surface area (Å²) in [5.41, 5.74) is 3.55. The third-order valence-corrected chi connectivity index (χ3v) is 4.77. The Morgan fingerprint density at radius 1 is 1.48 bits per heavy atom. The molecule has 2 aromatic heterocycles. The fourth-order valence-electron chi connectivity index (χ4n) is 2.48. The molecule has 0 bridgehead atoms. The molecule has 1 fully saturated rings. The van der Waals surface area contributed by atoms with E-state index in [4.69, 9.17) is 0 Å². The lowest BCUT2D eigenvalue weighted by atomic mass is 10.2. The van der Waals surface area contributed by atoms with Crippen molar-refractivity contribution in [2.45, 2.75) is 52.1 Å². The smallest absolute Gasteiger partial charge is 0.220 e. The molecule has 0 unspecified atom stereocenters. The molecule has 2 N–H and O–H groups in total. The molecule has 2 aromatic rings. The standard InChI is InChI=1S/C15H22N4OS/c1-10-9-21-15-17-11(2)13(19(10)15)8-16-7-3-4-14(20)18-12-5-6-12/h9,12,16H,3-8H2,1-2H3,(H,18,20). The van der Waals surface area contributed by atoms with Crippen LogP contribution >= 0.6 is 11.3 Å². The summed E-state index contributed by atoms with van der Waals surface area (Å²) in [6.45, 7) is 5.82. The Hall–Kier alpha value is -1.40. The topological polar surface area (TPSA) is 58.4 Å². The molecule has 0 aromatic carbocycles. The van der Waals surface area contributed by atoms with Crippen LogP contribution in [0.5, 0.6) is 0 Å². The normalized spacial score (nSPS) is 14.8. The van der Waals surface area contributed by atoms with Gasteiger partial charge < -0.3 is 10.6 Å². The summed E-state index contributed by atoms with van der Waals surface area (Å²) < 4.78 is 2.22. The van der Waals surface area contributed by atoms with Gasteiger partial charge in [-0.05, 0) is 39.7 Å². The third kappa shape index (κ3) is 3.44. The van der Waals surface area contributed by atoms with Crippen molar-refractivity contribution in [2.24, 2.45) is 0 Å². The second-order valence-corrected chi connectivity index (χ2v) is 6.60. The van der Waals surface area contributed by atoms with E-state index in [0.717, 1.165) is 43.0 Å². The Labute approximate surface area is 128 Å². The molecule has 2 heterocycles. The van der Waals surface area contributed by atoms with E-state index in [9.17, 15) is 4.79 Å². The molecule has 114 valence electrons. The number of carbonyl (C=O) groups is 1. The average Bonchev–Trinajstić information content (AvgIpc) is 3.10. The molecule has 21 heavy (non-hydrogen) atoms. The van der Waals surface area contributed by atoms with Gasteiger partial charge in [0.15, 0.2) is 4.96 Å². The molecule has 0 saturated heterocycles. The number of nitrogens with zero attached hydrogens (tertiary/aromatic N) is 2. The third-order valence-electron chi connectivity index (χ3n) is 3.82. The molecular formula is C15H22N4OS. The fraction of sp³-hybridized carbons (Fsp3) is 0.600. The van der Waals surface area contributed by atoms with Gasteiger partial charge in [0, 0.05) is 30.1 Å². The van der Waals surface area contributed by atoms with Crippen molar-refractivity contribution in [3.8, 4) is 0 Å². The lowest BCUT2D eigenvalue weighted by Crippen LogP contribution is -2.26. The molecule has 1 aliphatic carbocycles.